The SMILES string of the molecule is COC1CC=C(c2cnc(N3CCC(C)C3(C)C)c(C(=O)NS(=O)(=O)c3cccc(N)n3)c2)CC1. The summed E-state index contributed by atoms with van der Waals surface area (Å²) in [6.07, 6.45) is 7.45. The minimum atomic E-state index is -4.23. The molecule has 1 amide bonds. The van der Waals surface area contributed by atoms with Gasteiger partial charge in [0.25, 0.3) is 15.9 Å². The average Bonchev–Trinajstić information content (AvgIpc) is 3.10. The van der Waals surface area contributed by atoms with E-state index in [4.69, 9.17) is 15.5 Å². The molecule has 0 bridgehead atoms. The number of allylic oxidation sites excluding steroid dienone is 1. The summed E-state index contributed by atoms with van der Waals surface area (Å²) in [5, 5.41) is -0.313. The van der Waals surface area contributed by atoms with Gasteiger partial charge in [-0.2, -0.15) is 8.42 Å². The Hall–Kier alpha value is -2.98. The summed E-state index contributed by atoms with van der Waals surface area (Å²) < 4.78 is 33.5. The quantitative estimate of drug-likeness (QED) is 0.619. The molecule has 1 aliphatic carbocycles. The summed E-state index contributed by atoms with van der Waals surface area (Å²) in [6.45, 7) is 7.12. The molecule has 1 fully saturated rings. The summed E-state index contributed by atoms with van der Waals surface area (Å²) in [5.74, 6) is 0.158. The monoisotopic (exact) mass is 499 g/mol. The first kappa shape index (κ1) is 25.1. The fourth-order valence-electron chi connectivity index (χ4n) is 4.72. The van der Waals surface area contributed by atoms with E-state index in [-0.39, 0.29) is 28.1 Å². The Morgan fingerprint density at radius 1 is 1.29 bits per heavy atom. The van der Waals surface area contributed by atoms with E-state index in [1.165, 1.54) is 18.2 Å². The molecule has 9 nitrogen and oxygen atoms in total. The first-order valence-corrected chi connectivity index (χ1v) is 13.3. The van der Waals surface area contributed by atoms with Crippen molar-refractivity contribution in [1.82, 2.24) is 14.7 Å². The lowest BCUT2D eigenvalue weighted by Gasteiger charge is -2.36. The van der Waals surface area contributed by atoms with Crippen LogP contribution >= 0.6 is 0 Å². The summed E-state index contributed by atoms with van der Waals surface area (Å²) in [5.41, 5.74) is 7.50. The lowest BCUT2D eigenvalue weighted by atomic mass is 9.89. The summed E-state index contributed by atoms with van der Waals surface area (Å²) in [4.78, 5) is 24.1. The van der Waals surface area contributed by atoms with Crippen molar-refractivity contribution in [2.75, 3.05) is 24.3 Å². The summed E-state index contributed by atoms with van der Waals surface area (Å²) in [7, 11) is -2.52. The molecule has 2 aromatic heterocycles. The van der Waals surface area contributed by atoms with Gasteiger partial charge in [-0.1, -0.05) is 19.1 Å². The maximum absolute atomic E-state index is 13.5. The number of nitrogens with one attached hydrogen (secondary N) is 1. The van der Waals surface area contributed by atoms with Crippen LogP contribution in [0.25, 0.3) is 5.57 Å². The van der Waals surface area contributed by atoms with Crippen molar-refractivity contribution >= 4 is 33.1 Å². The van der Waals surface area contributed by atoms with Gasteiger partial charge in [-0.15, -0.1) is 0 Å². The Morgan fingerprint density at radius 2 is 2.06 bits per heavy atom. The van der Waals surface area contributed by atoms with Crippen molar-refractivity contribution in [3.63, 3.8) is 0 Å². The van der Waals surface area contributed by atoms with Gasteiger partial charge in [0.1, 0.15) is 11.6 Å². The molecule has 35 heavy (non-hydrogen) atoms. The molecule has 4 rings (SSSR count). The third kappa shape index (κ3) is 5.04. The highest BCUT2D eigenvalue weighted by molar-refractivity contribution is 7.90. The predicted molar refractivity (Wildman–Crippen MR) is 135 cm³/mol. The molecule has 0 aromatic carbocycles. The second-order valence-corrected chi connectivity index (χ2v) is 11.4. The number of carbonyl (C=O) groups excluding carboxylic acids is 1. The molecule has 3 N–H and O–H groups in total. The van der Waals surface area contributed by atoms with Gasteiger partial charge in [-0.3, -0.25) is 4.79 Å². The van der Waals surface area contributed by atoms with Crippen LogP contribution in [0.5, 0.6) is 0 Å². The topological polar surface area (TPSA) is 128 Å². The molecule has 1 aliphatic heterocycles. The van der Waals surface area contributed by atoms with Crippen LogP contribution in [0, 0.1) is 5.92 Å². The number of sulfonamides is 1. The van der Waals surface area contributed by atoms with Crippen molar-refractivity contribution in [3.05, 3.63) is 47.7 Å². The first-order valence-electron chi connectivity index (χ1n) is 11.8. The minimum Gasteiger partial charge on any atom is -0.384 e. The minimum absolute atomic E-state index is 0.0519. The molecule has 1 saturated heterocycles. The molecular formula is C25H33N5O4S. The highest BCUT2D eigenvalue weighted by Crippen LogP contribution is 2.39. The maximum Gasteiger partial charge on any atom is 0.281 e. The molecule has 0 saturated carbocycles. The van der Waals surface area contributed by atoms with Crippen LogP contribution < -0.4 is 15.4 Å². The Morgan fingerprint density at radius 3 is 2.66 bits per heavy atom. The van der Waals surface area contributed by atoms with E-state index in [1.54, 1.807) is 19.4 Å². The number of carbonyl (C=O) groups is 1. The predicted octanol–water partition coefficient (Wildman–Crippen LogP) is 3.38. The van der Waals surface area contributed by atoms with Gasteiger partial charge in [-0.05, 0) is 74.8 Å². The molecule has 2 unspecified atom stereocenters. The van der Waals surface area contributed by atoms with Crippen LogP contribution in [0.4, 0.5) is 11.6 Å². The van der Waals surface area contributed by atoms with E-state index >= 15 is 0 Å². The number of hydrogen-bond acceptors (Lipinski definition) is 8. The molecule has 188 valence electrons. The second kappa shape index (κ2) is 9.58. The summed E-state index contributed by atoms with van der Waals surface area (Å²) >= 11 is 0. The number of anilines is 2. The van der Waals surface area contributed by atoms with Gasteiger partial charge < -0.3 is 15.4 Å². The van der Waals surface area contributed by atoms with Gasteiger partial charge >= 0.3 is 0 Å². The number of aromatic nitrogens is 2. The Balaban J connectivity index is 1.73. The van der Waals surface area contributed by atoms with E-state index in [2.05, 4.69) is 41.5 Å². The number of nitrogen functional groups attached to an aromatic ring is 1. The van der Waals surface area contributed by atoms with E-state index in [9.17, 15) is 13.2 Å². The van der Waals surface area contributed by atoms with Crippen LogP contribution in [0.2, 0.25) is 0 Å². The van der Waals surface area contributed by atoms with Gasteiger partial charge in [0.05, 0.1) is 11.7 Å². The van der Waals surface area contributed by atoms with Gasteiger partial charge in [0, 0.05) is 25.4 Å². The van der Waals surface area contributed by atoms with E-state index in [0.717, 1.165) is 43.4 Å². The molecule has 3 heterocycles. The first-order chi connectivity index (χ1) is 16.5. The third-order valence-electron chi connectivity index (χ3n) is 7.37. The Kier molecular flexibility index (Phi) is 6.88. The molecule has 2 atom stereocenters. The van der Waals surface area contributed by atoms with Crippen LogP contribution in [0.1, 0.15) is 62.4 Å². The Labute approximate surface area is 206 Å². The summed E-state index contributed by atoms with van der Waals surface area (Å²) in [6, 6.07) is 6.00. The van der Waals surface area contributed by atoms with Crippen molar-refractivity contribution in [1.29, 1.82) is 0 Å². The van der Waals surface area contributed by atoms with Crippen LogP contribution in [-0.2, 0) is 14.8 Å². The highest BCUT2D eigenvalue weighted by Gasteiger charge is 2.41. The number of amides is 1. The van der Waals surface area contributed by atoms with Crippen molar-refractivity contribution in [3.8, 4) is 0 Å². The van der Waals surface area contributed by atoms with Crippen LogP contribution in [-0.4, -0.2) is 49.6 Å². The Bertz CT molecular complexity index is 1260. The van der Waals surface area contributed by atoms with E-state index < -0.39 is 15.9 Å². The lowest BCUT2D eigenvalue weighted by Crippen LogP contribution is -2.43. The van der Waals surface area contributed by atoms with Gasteiger partial charge in [0.15, 0.2) is 5.03 Å². The maximum atomic E-state index is 13.5. The fraction of sp³-hybridized carbons (Fsp3) is 0.480. The molecule has 2 aliphatic rings. The standard InChI is InChI=1S/C25H33N5O4S/c1-16-12-13-30(25(16,2)3)23-20(14-18(15-27-23)17-8-10-19(34-4)11-9-17)24(31)29-35(32,33)22-7-5-6-21(26)28-22/h5-8,14-16,19H,9-13H2,1-4H3,(H2,26,28)(H,29,31). The van der Waals surface area contributed by atoms with Gasteiger partial charge in [-0.25, -0.2) is 14.7 Å². The van der Waals surface area contributed by atoms with Crippen molar-refractivity contribution in [2.24, 2.45) is 5.92 Å². The molecule has 2 aromatic rings. The number of ether oxygens (including phenoxy) is 1. The van der Waals surface area contributed by atoms with Crippen LogP contribution in [0.15, 0.2) is 41.6 Å². The normalized spacial score (nSPS) is 22.1. The van der Waals surface area contributed by atoms with Crippen LogP contribution in [0.3, 0.4) is 0 Å². The highest BCUT2D eigenvalue weighted by atomic mass is 32.2. The second-order valence-electron chi connectivity index (χ2n) is 9.79. The largest absolute Gasteiger partial charge is 0.384 e. The molecule has 0 spiro atoms. The van der Waals surface area contributed by atoms with Crippen molar-refractivity contribution < 1.29 is 17.9 Å². The number of hydrogen-bond donors (Lipinski definition) is 2. The number of nitrogens with two attached hydrogens (primary N) is 1. The number of pyridine rings is 2. The van der Waals surface area contributed by atoms with Gasteiger partial charge in [0.2, 0.25) is 0 Å². The molecule has 10 heteroatoms. The zero-order valence-corrected chi connectivity index (χ0v) is 21.4. The molecular weight excluding hydrogens is 466 g/mol. The van der Waals surface area contributed by atoms with Crippen molar-refractivity contribution in [2.45, 2.75) is 63.1 Å². The number of methoxy groups -OCH3 is 1. The van der Waals surface area contributed by atoms with E-state index in [1.807, 2.05) is 0 Å². The zero-order chi connectivity index (χ0) is 25.4. The smallest absolute Gasteiger partial charge is 0.281 e. The number of nitrogens with zero attached hydrogens (tertiary/aromatic N) is 3. The lowest BCUT2D eigenvalue weighted by molar-refractivity contribution is 0.0963. The van der Waals surface area contributed by atoms with E-state index in [0.29, 0.717) is 11.7 Å². The third-order valence-corrected chi connectivity index (χ3v) is 8.60. The fourth-order valence-corrected chi connectivity index (χ4v) is 5.66. The zero-order valence-electron chi connectivity index (χ0n) is 20.6. The molecule has 0 radical (unpaired) electrons. The number of rotatable bonds is 6. The average molecular weight is 500 g/mol.